The summed E-state index contributed by atoms with van der Waals surface area (Å²) in [7, 11) is 0. The maximum Gasteiger partial charge on any atom is 0.355 e. The summed E-state index contributed by atoms with van der Waals surface area (Å²) >= 11 is 0. The first-order valence-corrected chi connectivity index (χ1v) is 13.3. The highest BCUT2D eigenvalue weighted by molar-refractivity contribution is 5.93. The molecule has 0 unspecified atom stereocenters. The molecular formula is C29H36N4O3. The summed E-state index contributed by atoms with van der Waals surface area (Å²) in [6, 6.07) is 7.79. The molecule has 0 bridgehead atoms. The zero-order chi connectivity index (χ0) is 25.2. The smallest absolute Gasteiger partial charge is 0.355 e. The molecule has 190 valence electrons. The highest BCUT2D eigenvalue weighted by Crippen LogP contribution is 2.33. The number of fused-ring (bicyclic) bond motifs is 1. The van der Waals surface area contributed by atoms with Crippen molar-refractivity contribution < 1.29 is 14.7 Å². The summed E-state index contributed by atoms with van der Waals surface area (Å²) in [5.41, 5.74) is 10.6. The molecule has 36 heavy (non-hydrogen) atoms. The summed E-state index contributed by atoms with van der Waals surface area (Å²) in [5, 5.41) is 12.3. The van der Waals surface area contributed by atoms with Gasteiger partial charge in [0, 0.05) is 43.0 Å². The molecule has 1 aromatic heterocycles. The molecule has 7 heteroatoms. The van der Waals surface area contributed by atoms with Crippen molar-refractivity contribution in [3.63, 3.8) is 0 Å². The van der Waals surface area contributed by atoms with Crippen molar-refractivity contribution in [3.05, 3.63) is 63.5 Å². The van der Waals surface area contributed by atoms with E-state index in [4.69, 9.17) is 0 Å². The second-order valence-electron chi connectivity index (χ2n) is 10.3. The lowest BCUT2D eigenvalue weighted by molar-refractivity contribution is 0.0690. The molecule has 3 heterocycles. The van der Waals surface area contributed by atoms with E-state index in [0.29, 0.717) is 36.0 Å². The van der Waals surface area contributed by atoms with Crippen molar-refractivity contribution in [1.29, 1.82) is 0 Å². The number of carbonyl (C=O) groups is 2. The highest BCUT2D eigenvalue weighted by Gasteiger charge is 2.28. The molecule has 2 aromatic rings. The number of aromatic nitrogens is 1. The van der Waals surface area contributed by atoms with Crippen LogP contribution in [-0.4, -0.2) is 47.0 Å². The SMILES string of the molecule is CCc1ccc(C=O)c2c1CCN(c1ccc(C3=C(C)N(CC4CCCCC4)NC3)c(C(=O)O)n1)C2. The van der Waals surface area contributed by atoms with Crippen LogP contribution in [0.2, 0.25) is 0 Å². The molecule has 1 saturated carbocycles. The van der Waals surface area contributed by atoms with E-state index >= 15 is 0 Å². The highest BCUT2D eigenvalue weighted by atomic mass is 16.4. The molecule has 0 spiro atoms. The largest absolute Gasteiger partial charge is 0.476 e. The standard InChI is InChI=1S/C29H36N4O3/c1-3-21-9-10-22(18-34)26-17-32(14-13-23(21)26)27-12-11-24(28(31-27)29(35)36)25-15-30-33(19(25)2)16-20-7-5-4-6-8-20/h9-12,18,20,30H,3-8,13-17H2,1-2H3,(H,35,36). The van der Waals surface area contributed by atoms with Crippen LogP contribution in [0.25, 0.3) is 5.57 Å². The van der Waals surface area contributed by atoms with Crippen molar-refractivity contribution in [3.8, 4) is 0 Å². The van der Waals surface area contributed by atoms with Crippen LogP contribution in [0.1, 0.15) is 89.1 Å². The number of hydrazine groups is 1. The Hall–Kier alpha value is -3.19. The molecule has 0 saturated heterocycles. The zero-order valence-corrected chi connectivity index (χ0v) is 21.3. The zero-order valence-electron chi connectivity index (χ0n) is 21.3. The van der Waals surface area contributed by atoms with Crippen LogP contribution in [0.15, 0.2) is 30.0 Å². The molecule has 2 aliphatic heterocycles. The predicted octanol–water partition coefficient (Wildman–Crippen LogP) is 4.85. The Bertz CT molecular complexity index is 1200. The number of aromatic carboxylic acids is 1. The van der Waals surface area contributed by atoms with Gasteiger partial charge in [-0.05, 0) is 72.9 Å². The number of carboxylic acids is 1. The van der Waals surface area contributed by atoms with Crippen LogP contribution in [0.3, 0.4) is 0 Å². The van der Waals surface area contributed by atoms with E-state index in [-0.39, 0.29) is 5.69 Å². The van der Waals surface area contributed by atoms with Gasteiger partial charge >= 0.3 is 5.97 Å². The Morgan fingerprint density at radius 2 is 1.97 bits per heavy atom. The third kappa shape index (κ3) is 4.64. The fourth-order valence-corrected chi connectivity index (χ4v) is 6.15. The Balaban J connectivity index is 1.42. The van der Waals surface area contributed by atoms with E-state index in [1.807, 2.05) is 18.2 Å². The molecule has 0 amide bonds. The van der Waals surface area contributed by atoms with E-state index in [1.54, 1.807) is 0 Å². The van der Waals surface area contributed by atoms with Gasteiger partial charge in [0.25, 0.3) is 0 Å². The lowest BCUT2D eigenvalue weighted by atomic mass is 9.89. The summed E-state index contributed by atoms with van der Waals surface area (Å²) in [6.07, 6.45) is 9.14. The van der Waals surface area contributed by atoms with Gasteiger partial charge in [0.05, 0.1) is 0 Å². The number of hydrogen-bond donors (Lipinski definition) is 2. The molecule has 3 aliphatic rings. The van der Waals surface area contributed by atoms with Crippen LogP contribution in [0.4, 0.5) is 5.82 Å². The number of rotatable bonds is 7. The number of hydrogen-bond acceptors (Lipinski definition) is 6. The Morgan fingerprint density at radius 1 is 1.17 bits per heavy atom. The first kappa shape index (κ1) is 24.5. The number of carboxylic acid groups (broad SMARTS) is 1. The van der Waals surface area contributed by atoms with Crippen molar-refractivity contribution >= 4 is 23.6 Å². The molecule has 5 rings (SSSR count). The molecule has 0 atom stereocenters. The Labute approximate surface area is 213 Å². The van der Waals surface area contributed by atoms with Gasteiger partial charge in [0.2, 0.25) is 0 Å². The van der Waals surface area contributed by atoms with Gasteiger partial charge in [-0.15, -0.1) is 0 Å². The summed E-state index contributed by atoms with van der Waals surface area (Å²) in [6.45, 7) is 7.08. The quantitative estimate of drug-likeness (QED) is 0.539. The second-order valence-corrected chi connectivity index (χ2v) is 10.3. The van der Waals surface area contributed by atoms with Crippen molar-refractivity contribution in [2.45, 2.75) is 65.3 Å². The van der Waals surface area contributed by atoms with E-state index in [0.717, 1.165) is 49.1 Å². The first-order valence-electron chi connectivity index (χ1n) is 13.3. The number of benzene rings is 1. The summed E-state index contributed by atoms with van der Waals surface area (Å²) in [5.74, 6) is 0.312. The monoisotopic (exact) mass is 488 g/mol. The van der Waals surface area contributed by atoms with Crippen LogP contribution in [0, 0.1) is 5.92 Å². The van der Waals surface area contributed by atoms with E-state index in [2.05, 4.69) is 40.2 Å². The Morgan fingerprint density at radius 3 is 2.69 bits per heavy atom. The lowest BCUT2D eigenvalue weighted by Gasteiger charge is -2.32. The summed E-state index contributed by atoms with van der Waals surface area (Å²) < 4.78 is 0. The second kappa shape index (κ2) is 10.4. The van der Waals surface area contributed by atoms with Gasteiger partial charge in [0.15, 0.2) is 5.69 Å². The van der Waals surface area contributed by atoms with Gasteiger partial charge < -0.3 is 15.0 Å². The van der Waals surface area contributed by atoms with Gasteiger partial charge in [-0.2, -0.15) is 0 Å². The van der Waals surface area contributed by atoms with E-state index < -0.39 is 5.97 Å². The van der Waals surface area contributed by atoms with E-state index in [1.165, 1.54) is 43.2 Å². The minimum absolute atomic E-state index is 0.0897. The number of anilines is 1. The molecule has 1 fully saturated rings. The number of aryl methyl sites for hydroxylation is 1. The minimum Gasteiger partial charge on any atom is -0.476 e. The molecule has 1 aliphatic carbocycles. The molecule has 0 radical (unpaired) electrons. The van der Waals surface area contributed by atoms with Crippen molar-refractivity contribution in [2.24, 2.45) is 5.92 Å². The number of aldehydes is 1. The number of pyridine rings is 1. The van der Waals surface area contributed by atoms with E-state index in [9.17, 15) is 14.7 Å². The Kier molecular flexibility index (Phi) is 7.10. The average molecular weight is 489 g/mol. The fourth-order valence-electron chi connectivity index (χ4n) is 6.15. The van der Waals surface area contributed by atoms with Crippen molar-refractivity contribution in [2.75, 3.05) is 24.5 Å². The van der Waals surface area contributed by atoms with Gasteiger partial charge in [-0.25, -0.2) is 15.2 Å². The van der Waals surface area contributed by atoms with Crippen LogP contribution in [-0.2, 0) is 19.4 Å². The predicted molar refractivity (Wildman–Crippen MR) is 141 cm³/mol. The topological polar surface area (TPSA) is 85.8 Å². The lowest BCUT2D eigenvalue weighted by Crippen LogP contribution is -2.36. The summed E-state index contributed by atoms with van der Waals surface area (Å²) in [4.78, 5) is 30.8. The van der Waals surface area contributed by atoms with Gasteiger partial charge in [-0.1, -0.05) is 38.3 Å². The first-order chi connectivity index (χ1) is 17.5. The molecular weight excluding hydrogens is 452 g/mol. The normalized spacial score (nSPS) is 18.5. The molecule has 7 nitrogen and oxygen atoms in total. The fraction of sp³-hybridized carbons (Fsp3) is 0.483. The third-order valence-electron chi connectivity index (χ3n) is 8.24. The van der Waals surface area contributed by atoms with Crippen LogP contribution < -0.4 is 10.3 Å². The van der Waals surface area contributed by atoms with Crippen LogP contribution in [0.5, 0.6) is 0 Å². The maximum absolute atomic E-state index is 12.3. The molecule has 2 N–H and O–H groups in total. The number of nitrogens with zero attached hydrogens (tertiary/aromatic N) is 3. The number of carbonyl (C=O) groups excluding carboxylic acids is 1. The number of nitrogens with one attached hydrogen (secondary N) is 1. The third-order valence-corrected chi connectivity index (χ3v) is 8.24. The molecule has 1 aromatic carbocycles. The van der Waals surface area contributed by atoms with Gasteiger partial charge in [-0.3, -0.25) is 4.79 Å². The van der Waals surface area contributed by atoms with Crippen molar-refractivity contribution in [1.82, 2.24) is 15.4 Å². The number of allylic oxidation sites excluding steroid dienone is 1. The van der Waals surface area contributed by atoms with Gasteiger partial charge in [0.1, 0.15) is 12.1 Å². The minimum atomic E-state index is -1.02. The van der Waals surface area contributed by atoms with Crippen LogP contribution >= 0.6 is 0 Å². The average Bonchev–Trinajstić information content (AvgIpc) is 3.27. The maximum atomic E-state index is 12.3.